The Labute approximate surface area is 151 Å². The van der Waals surface area contributed by atoms with Crippen LogP contribution in [0.15, 0.2) is 57.5 Å². The molecule has 0 bridgehead atoms. The highest BCUT2D eigenvalue weighted by Gasteiger charge is 2.08. The molecular weight excluding hydrogens is 332 g/mol. The van der Waals surface area contributed by atoms with Crippen LogP contribution in [0.5, 0.6) is 0 Å². The molecule has 25 heavy (non-hydrogen) atoms. The van der Waals surface area contributed by atoms with E-state index in [0.717, 1.165) is 23.1 Å². The van der Waals surface area contributed by atoms with E-state index in [2.05, 4.69) is 58.7 Å². The Bertz CT molecular complexity index is 824. The van der Waals surface area contributed by atoms with Gasteiger partial charge in [-0.2, -0.15) is 0 Å². The average Bonchev–Trinajstić information content (AvgIpc) is 3.28. The summed E-state index contributed by atoms with van der Waals surface area (Å²) >= 11 is 1.62. The van der Waals surface area contributed by atoms with Crippen molar-refractivity contribution in [1.82, 2.24) is 15.6 Å². The molecule has 1 aromatic carbocycles. The fourth-order valence-corrected chi connectivity index (χ4v) is 3.05. The van der Waals surface area contributed by atoms with Crippen molar-refractivity contribution >= 4 is 17.3 Å². The molecule has 6 heteroatoms. The Morgan fingerprint density at radius 1 is 1.24 bits per heavy atom. The number of benzene rings is 1. The number of hydrogen-bond donors (Lipinski definition) is 2. The van der Waals surface area contributed by atoms with Crippen LogP contribution in [0.25, 0.3) is 10.8 Å². The van der Waals surface area contributed by atoms with Gasteiger partial charge in [0, 0.05) is 6.54 Å². The van der Waals surface area contributed by atoms with Gasteiger partial charge in [-0.1, -0.05) is 35.9 Å². The van der Waals surface area contributed by atoms with E-state index in [1.165, 1.54) is 11.1 Å². The summed E-state index contributed by atoms with van der Waals surface area (Å²) in [5, 5.41) is 8.57. The molecule has 2 aromatic heterocycles. The molecule has 0 fully saturated rings. The summed E-state index contributed by atoms with van der Waals surface area (Å²) in [4.78, 5) is 10.2. The molecule has 0 aliphatic heterocycles. The standard InChI is InChI=1S/C19H22N4OS/c1-3-20-19(21-11-15-7-4-6-14(2)10-15)22-12-16-13-24-18(23-16)17-8-5-9-25-17/h4-10,13H,3,11-12H2,1-2H3,(H2,20,21,22). The topological polar surface area (TPSA) is 62.5 Å². The van der Waals surface area contributed by atoms with E-state index < -0.39 is 0 Å². The summed E-state index contributed by atoms with van der Waals surface area (Å²) < 4.78 is 5.54. The van der Waals surface area contributed by atoms with E-state index in [-0.39, 0.29) is 0 Å². The second-order valence-corrected chi connectivity index (χ2v) is 6.61. The van der Waals surface area contributed by atoms with Gasteiger partial charge in [0.15, 0.2) is 5.96 Å². The lowest BCUT2D eigenvalue weighted by molar-refractivity contribution is 0.573. The zero-order valence-corrected chi connectivity index (χ0v) is 15.3. The summed E-state index contributed by atoms with van der Waals surface area (Å²) in [7, 11) is 0. The van der Waals surface area contributed by atoms with Crippen molar-refractivity contribution in [2.75, 3.05) is 6.54 Å². The molecule has 0 saturated carbocycles. The monoisotopic (exact) mass is 354 g/mol. The first kappa shape index (κ1) is 17.2. The van der Waals surface area contributed by atoms with Crippen LogP contribution in [0.3, 0.4) is 0 Å². The average molecular weight is 354 g/mol. The molecule has 0 unspecified atom stereocenters. The van der Waals surface area contributed by atoms with Gasteiger partial charge in [-0.05, 0) is 30.9 Å². The molecule has 3 rings (SSSR count). The first-order valence-corrected chi connectivity index (χ1v) is 9.18. The summed E-state index contributed by atoms with van der Waals surface area (Å²) in [6.07, 6.45) is 1.69. The number of nitrogens with zero attached hydrogens (tertiary/aromatic N) is 2. The van der Waals surface area contributed by atoms with E-state index in [1.54, 1.807) is 17.6 Å². The van der Waals surface area contributed by atoms with Crippen LogP contribution in [0.4, 0.5) is 0 Å². The summed E-state index contributed by atoms with van der Waals surface area (Å²) in [6.45, 7) is 6.14. The Kier molecular flexibility index (Phi) is 5.85. The number of nitrogens with one attached hydrogen (secondary N) is 2. The van der Waals surface area contributed by atoms with Crippen molar-refractivity contribution in [2.45, 2.75) is 26.9 Å². The Balaban J connectivity index is 1.61. The largest absolute Gasteiger partial charge is 0.443 e. The SMILES string of the molecule is CCNC(=NCc1cccc(C)c1)NCc1coc(-c2cccs2)n1. The van der Waals surface area contributed by atoms with Crippen LogP contribution in [0, 0.1) is 6.92 Å². The maximum absolute atomic E-state index is 5.54. The first-order chi connectivity index (χ1) is 12.2. The zero-order chi connectivity index (χ0) is 17.5. The lowest BCUT2D eigenvalue weighted by atomic mass is 10.1. The number of thiophene rings is 1. The van der Waals surface area contributed by atoms with Crippen LogP contribution in [-0.2, 0) is 13.1 Å². The summed E-state index contributed by atoms with van der Waals surface area (Å²) in [5.41, 5.74) is 3.29. The van der Waals surface area contributed by atoms with Crippen molar-refractivity contribution < 1.29 is 4.42 Å². The molecular formula is C19H22N4OS. The predicted octanol–water partition coefficient (Wildman–Crippen LogP) is 3.97. The number of aromatic nitrogens is 1. The maximum atomic E-state index is 5.54. The third-order valence-electron chi connectivity index (χ3n) is 3.57. The van der Waals surface area contributed by atoms with Gasteiger partial charge in [-0.3, -0.25) is 0 Å². The van der Waals surface area contributed by atoms with Crippen LogP contribution in [0.2, 0.25) is 0 Å². The number of guanidine groups is 1. The number of hydrogen-bond acceptors (Lipinski definition) is 4. The van der Waals surface area contributed by atoms with E-state index in [9.17, 15) is 0 Å². The van der Waals surface area contributed by atoms with Gasteiger partial charge in [0.2, 0.25) is 5.89 Å². The Hall–Kier alpha value is -2.60. The highest BCUT2D eigenvalue weighted by molar-refractivity contribution is 7.13. The van der Waals surface area contributed by atoms with E-state index in [0.29, 0.717) is 19.0 Å². The number of oxazole rings is 1. The summed E-state index contributed by atoms with van der Waals surface area (Å²) in [5.74, 6) is 1.43. The van der Waals surface area contributed by atoms with Gasteiger partial charge < -0.3 is 15.1 Å². The van der Waals surface area contributed by atoms with Gasteiger partial charge in [-0.25, -0.2) is 9.98 Å². The molecule has 0 saturated heterocycles. The second kappa shape index (κ2) is 8.48. The van der Waals surface area contributed by atoms with E-state index in [1.807, 2.05) is 17.5 Å². The maximum Gasteiger partial charge on any atom is 0.236 e. The van der Waals surface area contributed by atoms with Crippen molar-refractivity contribution in [3.8, 4) is 10.8 Å². The van der Waals surface area contributed by atoms with Crippen molar-refractivity contribution in [1.29, 1.82) is 0 Å². The molecule has 5 nitrogen and oxygen atoms in total. The van der Waals surface area contributed by atoms with Crippen LogP contribution in [0.1, 0.15) is 23.7 Å². The fraction of sp³-hybridized carbons (Fsp3) is 0.263. The fourth-order valence-electron chi connectivity index (χ4n) is 2.40. The zero-order valence-electron chi connectivity index (χ0n) is 14.5. The number of rotatable bonds is 6. The molecule has 0 atom stereocenters. The number of aliphatic imine (C=N–C) groups is 1. The van der Waals surface area contributed by atoms with Gasteiger partial charge in [0.05, 0.1) is 23.7 Å². The second-order valence-electron chi connectivity index (χ2n) is 5.66. The molecule has 0 aliphatic rings. The molecule has 0 aliphatic carbocycles. The highest BCUT2D eigenvalue weighted by Crippen LogP contribution is 2.23. The van der Waals surface area contributed by atoms with Gasteiger partial charge in [0.25, 0.3) is 0 Å². The Morgan fingerprint density at radius 3 is 2.92 bits per heavy atom. The molecule has 0 radical (unpaired) electrons. The van der Waals surface area contributed by atoms with E-state index >= 15 is 0 Å². The van der Waals surface area contributed by atoms with Gasteiger partial charge in [-0.15, -0.1) is 11.3 Å². The smallest absolute Gasteiger partial charge is 0.236 e. The number of aryl methyl sites for hydroxylation is 1. The van der Waals surface area contributed by atoms with Crippen LogP contribution < -0.4 is 10.6 Å². The minimum absolute atomic E-state index is 0.564. The Morgan fingerprint density at radius 2 is 2.16 bits per heavy atom. The van der Waals surface area contributed by atoms with Crippen LogP contribution >= 0.6 is 11.3 Å². The minimum atomic E-state index is 0.564. The minimum Gasteiger partial charge on any atom is -0.443 e. The molecule has 2 N–H and O–H groups in total. The highest BCUT2D eigenvalue weighted by atomic mass is 32.1. The van der Waals surface area contributed by atoms with Crippen molar-refractivity contribution in [2.24, 2.45) is 4.99 Å². The van der Waals surface area contributed by atoms with E-state index in [4.69, 9.17) is 4.42 Å². The molecule has 3 aromatic rings. The first-order valence-electron chi connectivity index (χ1n) is 8.30. The molecule has 130 valence electrons. The van der Waals surface area contributed by atoms with Crippen molar-refractivity contribution in [3.63, 3.8) is 0 Å². The quantitative estimate of drug-likeness (QED) is 0.519. The molecule has 0 amide bonds. The van der Waals surface area contributed by atoms with Crippen LogP contribution in [-0.4, -0.2) is 17.5 Å². The lowest BCUT2D eigenvalue weighted by Gasteiger charge is -2.10. The third kappa shape index (κ3) is 4.93. The van der Waals surface area contributed by atoms with Gasteiger partial charge >= 0.3 is 0 Å². The normalized spacial score (nSPS) is 11.5. The summed E-state index contributed by atoms with van der Waals surface area (Å²) in [6, 6.07) is 12.4. The van der Waals surface area contributed by atoms with Gasteiger partial charge in [0.1, 0.15) is 6.26 Å². The lowest BCUT2D eigenvalue weighted by Crippen LogP contribution is -2.36. The predicted molar refractivity (Wildman–Crippen MR) is 103 cm³/mol. The molecule has 2 heterocycles. The van der Waals surface area contributed by atoms with Crippen molar-refractivity contribution in [3.05, 3.63) is 64.9 Å². The molecule has 0 spiro atoms. The third-order valence-corrected chi connectivity index (χ3v) is 4.42.